The van der Waals surface area contributed by atoms with Gasteiger partial charge < -0.3 is 0 Å². The SMILES string of the molecule is O=C1C=NN=C1Cl. The van der Waals surface area contributed by atoms with E-state index in [0.29, 0.717) is 0 Å². The summed E-state index contributed by atoms with van der Waals surface area (Å²) in [4.78, 5) is 10.2. The number of nitrogens with zero attached hydrogens (tertiary/aromatic N) is 2. The van der Waals surface area contributed by atoms with Crippen LogP contribution in [-0.4, -0.2) is 17.2 Å². The minimum absolute atomic E-state index is 0.0556. The zero-order valence-electron chi connectivity index (χ0n) is 3.26. The molecule has 0 aromatic rings. The Labute approximate surface area is 44.7 Å². The molecule has 1 rings (SSSR count). The van der Waals surface area contributed by atoms with Crippen molar-refractivity contribution in [1.29, 1.82) is 0 Å². The summed E-state index contributed by atoms with van der Waals surface area (Å²) < 4.78 is 0. The molecule has 0 aliphatic carbocycles. The molecule has 0 saturated carbocycles. The molecule has 0 fully saturated rings. The Balaban J connectivity index is 2.89. The first-order valence-electron chi connectivity index (χ1n) is 1.61. The molecule has 0 N–H and O–H groups in total. The maximum absolute atomic E-state index is 10.2. The molecular formula is C3HClN2O. The van der Waals surface area contributed by atoms with Gasteiger partial charge in [-0.05, 0) is 0 Å². The summed E-state index contributed by atoms with van der Waals surface area (Å²) >= 11 is 5.14. The van der Waals surface area contributed by atoms with Crippen LogP contribution >= 0.6 is 11.6 Å². The molecule has 0 unspecified atom stereocenters. The molecule has 0 bridgehead atoms. The Bertz CT molecular complexity index is 160. The van der Waals surface area contributed by atoms with Gasteiger partial charge in [0.2, 0.25) is 11.0 Å². The Morgan fingerprint density at radius 1 is 1.71 bits per heavy atom. The highest BCUT2D eigenvalue weighted by Crippen LogP contribution is 1.93. The third-order valence-corrected chi connectivity index (χ3v) is 0.786. The van der Waals surface area contributed by atoms with E-state index in [4.69, 9.17) is 11.6 Å². The topological polar surface area (TPSA) is 41.8 Å². The smallest absolute Gasteiger partial charge is 0.237 e. The van der Waals surface area contributed by atoms with Crippen molar-refractivity contribution in [2.75, 3.05) is 0 Å². The average Bonchev–Trinajstić information content (AvgIpc) is 1.91. The van der Waals surface area contributed by atoms with E-state index in [1.54, 1.807) is 0 Å². The van der Waals surface area contributed by atoms with Crippen molar-refractivity contribution in [3.63, 3.8) is 0 Å². The Kier molecular flexibility index (Phi) is 0.906. The Hall–Kier alpha value is -0.700. The molecule has 36 valence electrons. The van der Waals surface area contributed by atoms with Gasteiger partial charge >= 0.3 is 0 Å². The van der Waals surface area contributed by atoms with Crippen LogP contribution < -0.4 is 0 Å². The largest absolute Gasteiger partial charge is 0.285 e. The monoisotopic (exact) mass is 116 g/mol. The maximum Gasteiger partial charge on any atom is 0.237 e. The number of carbonyl (C=O) groups is 1. The van der Waals surface area contributed by atoms with E-state index in [9.17, 15) is 4.79 Å². The minimum atomic E-state index is -0.318. The first-order chi connectivity index (χ1) is 3.30. The van der Waals surface area contributed by atoms with Crippen molar-refractivity contribution in [3.8, 4) is 0 Å². The first kappa shape index (κ1) is 4.46. The third kappa shape index (κ3) is 0.667. The number of halogens is 1. The van der Waals surface area contributed by atoms with Gasteiger partial charge in [0, 0.05) is 0 Å². The van der Waals surface area contributed by atoms with Gasteiger partial charge in [-0.1, -0.05) is 11.6 Å². The average molecular weight is 117 g/mol. The first-order valence-corrected chi connectivity index (χ1v) is 1.99. The molecule has 0 spiro atoms. The molecule has 0 atom stereocenters. The van der Waals surface area contributed by atoms with Gasteiger partial charge in [0.25, 0.3) is 0 Å². The highest BCUT2D eigenvalue weighted by atomic mass is 35.5. The van der Waals surface area contributed by atoms with E-state index in [1.807, 2.05) is 0 Å². The van der Waals surface area contributed by atoms with Gasteiger partial charge in [0.05, 0.1) is 0 Å². The summed E-state index contributed by atoms with van der Waals surface area (Å²) in [5.74, 6) is -0.318. The summed E-state index contributed by atoms with van der Waals surface area (Å²) in [5.41, 5.74) is 0. The lowest BCUT2D eigenvalue weighted by Crippen LogP contribution is -2.01. The second-order valence-corrected chi connectivity index (χ2v) is 1.36. The van der Waals surface area contributed by atoms with Crippen molar-refractivity contribution in [2.45, 2.75) is 0 Å². The highest BCUT2D eigenvalue weighted by molar-refractivity contribution is 6.90. The van der Waals surface area contributed by atoms with Gasteiger partial charge in [0.1, 0.15) is 6.21 Å². The van der Waals surface area contributed by atoms with Gasteiger partial charge in [-0.25, -0.2) is 0 Å². The fourth-order valence-electron chi connectivity index (χ4n) is 0.235. The Morgan fingerprint density at radius 3 is 2.57 bits per heavy atom. The number of hydrogen-bond acceptors (Lipinski definition) is 3. The van der Waals surface area contributed by atoms with E-state index in [-0.39, 0.29) is 11.0 Å². The van der Waals surface area contributed by atoms with Crippen molar-refractivity contribution < 1.29 is 4.79 Å². The lowest BCUT2D eigenvalue weighted by molar-refractivity contribution is -0.106. The minimum Gasteiger partial charge on any atom is -0.285 e. The summed E-state index contributed by atoms with van der Waals surface area (Å²) in [6.45, 7) is 0. The van der Waals surface area contributed by atoms with Gasteiger partial charge in [-0.3, -0.25) is 4.79 Å². The predicted molar refractivity (Wildman–Crippen MR) is 26.8 cm³/mol. The molecule has 4 heteroatoms. The zero-order chi connectivity index (χ0) is 5.28. The summed E-state index contributed by atoms with van der Waals surface area (Å²) in [5, 5.41) is 6.39. The van der Waals surface area contributed by atoms with E-state index in [2.05, 4.69) is 10.2 Å². The number of rotatable bonds is 0. The molecule has 1 aliphatic rings. The van der Waals surface area contributed by atoms with Gasteiger partial charge in [0.15, 0.2) is 0 Å². The second kappa shape index (κ2) is 1.42. The van der Waals surface area contributed by atoms with Crippen molar-refractivity contribution in [1.82, 2.24) is 0 Å². The molecule has 1 aliphatic heterocycles. The molecular weight excluding hydrogens is 115 g/mol. The Morgan fingerprint density at radius 2 is 2.43 bits per heavy atom. The van der Waals surface area contributed by atoms with Gasteiger partial charge in [-0.2, -0.15) is 5.10 Å². The normalized spacial score (nSPS) is 17.9. The molecule has 0 aromatic carbocycles. The van der Waals surface area contributed by atoms with Crippen molar-refractivity contribution in [3.05, 3.63) is 0 Å². The van der Waals surface area contributed by atoms with E-state index in [0.717, 1.165) is 6.21 Å². The van der Waals surface area contributed by atoms with Crippen LogP contribution in [-0.2, 0) is 4.79 Å². The third-order valence-electron chi connectivity index (χ3n) is 0.524. The van der Waals surface area contributed by atoms with Crippen LogP contribution in [0.15, 0.2) is 10.2 Å². The molecule has 0 saturated heterocycles. The van der Waals surface area contributed by atoms with Crippen molar-refractivity contribution in [2.24, 2.45) is 10.2 Å². The molecule has 0 aromatic heterocycles. The lowest BCUT2D eigenvalue weighted by Gasteiger charge is -1.70. The van der Waals surface area contributed by atoms with Crippen LogP contribution in [0, 0.1) is 0 Å². The van der Waals surface area contributed by atoms with Crippen LogP contribution in [0.3, 0.4) is 0 Å². The number of hydrogen-bond donors (Lipinski definition) is 0. The van der Waals surface area contributed by atoms with Crippen LogP contribution in [0.1, 0.15) is 0 Å². The molecule has 7 heavy (non-hydrogen) atoms. The quantitative estimate of drug-likeness (QED) is 0.446. The van der Waals surface area contributed by atoms with Crippen LogP contribution in [0.2, 0.25) is 0 Å². The number of Topliss-reactive ketones (excluding diaryl/α,β-unsaturated/α-hetero) is 1. The van der Waals surface area contributed by atoms with Crippen LogP contribution in [0.5, 0.6) is 0 Å². The predicted octanol–water partition coefficient (Wildman–Crippen LogP) is 0.192. The maximum atomic E-state index is 10.2. The number of carbonyl (C=O) groups excluding carboxylic acids is 1. The molecule has 3 nitrogen and oxygen atoms in total. The van der Waals surface area contributed by atoms with Gasteiger partial charge in [-0.15, -0.1) is 5.10 Å². The molecule has 0 amide bonds. The highest BCUT2D eigenvalue weighted by Gasteiger charge is 2.08. The van der Waals surface area contributed by atoms with E-state index in [1.165, 1.54) is 0 Å². The molecule has 0 radical (unpaired) electrons. The van der Waals surface area contributed by atoms with Crippen LogP contribution in [0.4, 0.5) is 0 Å². The summed E-state index contributed by atoms with van der Waals surface area (Å²) in [7, 11) is 0. The molecule has 1 heterocycles. The van der Waals surface area contributed by atoms with Crippen LogP contribution in [0.25, 0.3) is 0 Å². The fraction of sp³-hybridized carbons (Fsp3) is 0. The van der Waals surface area contributed by atoms with E-state index >= 15 is 0 Å². The standard InChI is InChI=1S/C3HClN2O/c4-3-2(7)1-5-6-3/h1H. The second-order valence-electron chi connectivity index (χ2n) is 1.000. The zero-order valence-corrected chi connectivity index (χ0v) is 4.01. The summed E-state index contributed by atoms with van der Waals surface area (Å²) in [6.07, 6.45) is 1.07. The number of ketones is 1. The van der Waals surface area contributed by atoms with E-state index < -0.39 is 0 Å². The lowest BCUT2D eigenvalue weighted by atomic mass is 10.5. The van der Waals surface area contributed by atoms with Crippen molar-refractivity contribution >= 4 is 28.8 Å². The fourth-order valence-corrected chi connectivity index (χ4v) is 0.327. The summed E-state index contributed by atoms with van der Waals surface area (Å²) in [6, 6.07) is 0.